The summed E-state index contributed by atoms with van der Waals surface area (Å²) in [7, 11) is 0. The standard InChI is InChI=1S/C5H6F3N3O/c6-5(7,8)2-11-4(12)1-3(9)10-11/h1-2H2,(H2,9,10). The largest absolute Gasteiger partial charge is 0.408 e. The van der Waals surface area contributed by atoms with E-state index in [9.17, 15) is 18.0 Å². The molecule has 0 aliphatic carbocycles. The fourth-order valence-electron chi connectivity index (χ4n) is 0.786. The summed E-state index contributed by atoms with van der Waals surface area (Å²) >= 11 is 0. The van der Waals surface area contributed by atoms with Crippen LogP contribution in [0.3, 0.4) is 0 Å². The number of rotatable bonds is 1. The summed E-state index contributed by atoms with van der Waals surface area (Å²) in [6.45, 7) is -1.37. The smallest absolute Gasteiger partial charge is 0.385 e. The molecule has 0 aromatic carbocycles. The van der Waals surface area contributed by atoms with E-state index in [1.165, 1.54) is 0 Å². The molecular formula is C5H6F3N3O. The van der Waals surface area contributed by atoms with Crippen molar-refractivity contribution in [3.63, 3.8) is 0 Å². The van der Waals surface area contributed by atoms with Gasteiger partial charge in [-0.15, -0.1) is 0 Å². The van der Waals surface area contributed by atoms with E-state index in [0.29, 0.717) is 5.01 Å². The van der Waals surface area contributed by atoms with Gasteiger partial charge in [0.15, 0.2) is 0 Å². The van der Waals surface area contributed by atoms with Gasteiger partial charge in [-0.05, 0) is 0 Å². The normalized spacial score (nSPS) is 18.4. The SMILES string of the molecule is NC1=NN(CC(F)(F)F)C(=O)C1. The molecule has 12 heavy (non-hydrogen) atoms. The fraction of sp³-hybridized carbons (Fsp3) is 0.600. The second-order valence-electron chi connectivity index (χ2n) is 2.33. The van der Waals surface area contributed by atoms with Crippen LogP contribution in [0.2, 0.25) is 0 Å². The molecule has 0 aromatic heterocycles. The van der Waals surface area contributed by atoms with Crippen LogP contribution in [0.15, 0.2) is 5.10 Å². The lowest BCUT2D eigenvalue weighted by atomic mass is 10.4. The second kappa shape index (κ2) is 2.65. The molecule has 68 valence electrons. The average Bonchev–Trinajstić information content (AvgIpc) is 2.06. The molecule has 1 aliphatic rings. The maximum Gasteiger partial charge on any atom is 0.408 e. The van der Waals surface area contributed by atoms with Gasteiger partial charge in [0.1, 0.15) is 12.4 Å². The highest BCUT2D eigenvalue weighted by Gasteiger charge is 2.35. The Balaban J connectivity index is 2.60. The predicted molar refractivity (Wildman–Crippen MR) is 34.0 cm³/mol. The van der Waals surface area contributed by atoms with Crippen LogP contribution >= 0.6 is 0 Å². The lowest BCUT2D eigenvalue weighted by molar-refractivity contribution is -0.159. The highest BCUT2D eigenvalue weighted by molar-refractivity contribution is 6.02. The van der Waals surface area contributed by atoms with Crippen molar-refractivity contribution in [3.8, 4) is 0 Å². The number of alkyl halides is 3. The van der Waals surface area contributed by atoms with Gasteiger partial charge < -0.3 is 5.73 Å². The van der Waals surface area contributed by atoms with E-state index in [-0.39, 0.29) is 12.3 Å². The highest BCUT2D eigenvalue weighted by atomic mass is 19.4. The number of carbonyl (C=O) groups is 1. The number of amides is 1. The van der Waals surface area contributed by atoms with Crippen LogP contribution in [0, 0.1) is 0 Å². The van der Waals surface area contributed by atoms with E-state index < -0.39 is 18.6 Å². The molecule has 1 heterocycles. The number of nitrogens with zero attached hydrogens (tertiary/aromatic N) is 2. The maximum absolute atomic E-state index is 11.7. The van der Waals surface area contributed by atoms with Gasteiger partial charge in [-0.2, -0.15) is 18.3 Å². The summed E-state index contributed by atoms with van der Waals surface area (Å²) in [6.07, 6.45) is -4.65. The number of hydrogen-bond acceptors (Lipinski definition) is 3. The molecule has 2 N–H and O–H groups in total. The lowest BCUT2D eigenvalue weighted by Gasteiger charge is -2.13. The molecule has 0 spiro atoms. The first-order valence-electron chi connectivity index (χ1n) is 3.08. The maximum atomic E-state index is 11.7. The van der Waals surface area contributed by atoms with Crippen molar-refractivity contribution in [2.45, 2.75) is 12.6 Å². The van der Waals surface area contributed by atoms with Gasteiger partial charge in [-0.25, -0.2) is 5.01 Å². The molecule has 0 radical (unpaired) electrons. The van der Waals surface area contributed by atoms with Crippen LogP contribution in [-0.4, -0.2) is 29.5 Å². The zero-order chi connectivity index (χ0) is 9.35. The summed E-state index contributed by atoms with van der Waals surface area (Å²) in [4.78, 5) is 10.7. The Morgan fingerprint density at radius 3 is 2.50 bits per heavy atom. The minimum atomic E-state index is -4.43. The first-order chi connectivity index (χ1) is 5.38. The average molecular weight is 181 g/mol. The summed E-state index contributed by atoms with van der Waals surface area (Å²) in [5.74, 6) is -0.797. The molecule has 0 saturated heterocycles. The fourth-order valence-corrected chi connectivity index (χ4v) is 0.786. The Kier molecular flexibility index (Phi) is 1.95. The molecule has 1 rings (SSSR count). The molecule has 0 aromatic rings. The van der Waals surface area contributed by atoms with Crippen molar-refractivity contribution in [2.75, 3.05) is 6.54 Å². The zero-order valence-corrected chi connectivity index (χ0v) is 5.93. The molecule has 0 bridgehead atoms. The lowest BCUT2D eigenvalue weighted by Crippen LogP contribution is -2.32. The van der Waals surface area contributed by atoms with E-state index in [0.717, 1.165) is 0 Å². The number of nitrogens with two attached hydrogens (primary N) is 1. The van der Waals surface area contributed by atoms with E-state index in [4.69, 9.17) is 5.73 Å². The number of hydrogen-bond donors (Lipinski definition) is 1. The molecule has 0 atom stereocenters. The van der Waals surface area contributed by atoms with Crippen LogP contribution < -0.4 is 5.73 Å². The van der Waals surface area contributed by atoms with Crippen LogP contribution in [-0.2, 0) is 4.79 Å². The first kappa shape index (κ1) is 8.82. The number of carbonyl (C=O) groups excluding carboxylic acids is 1. The van der Waals surface area contributed by atoms with Gasteiger partial charge in [0.25, 0.3) is 5.91 Å². The van der Waals surface area contributed by atoms with Crippen LogP contribution in [0.1, 0.15) is 6.42 Å². The summed E-state index contributed by atoms with van der Waals surface area (Å²) < 4.78 is 35.1. The summed E-state index contributed by atoms with van der Waals surface area (Å²) in [5, 5.41) is 3.54. The molecule has 1 aliphatic heterocycles. The minimum absolute atomic E-state index is 0.0794. The molecule has 4 nitrogen and oxygen atoms in total. The van der Waals surface area contributed by atoms with E-state index in [2.05, 4.69) is 5.10 Å². The number of amidine groups is 1. The van der Waals surface area contributed by atoms with Crippen molar-refractivity contribution >= 4 is 11.7 Å². The third-order valence-corrected chi connectivity index (χ3v) is 1.20. The molecule has 0 unspecified atom stereocenters. The van der Waals surface area contributed by atoms with Crippen LogP contribution in [0.25, 0.3) is 0 Å². The molecule has 0 saturated carbocycles. The van der Waals surface area contributed by atoms with Crippen molar-refractivity contribution in [2.24, 2.45) is 10.8 Å². The topological polar surface area (TPSA) is 58.7 Å². The number of hydrazone groups is 1. The Bertz CT molecular complexity index is 235. The van der Waals surface area contributed by atoms with Crippen LogP contribution in [0.5, 0.6) is 0 Å². The van der Waals surface area contributed by atoms with E-state index >= 15 is 0 Å². The predicted octanol–water partition coefficient (Wildman–Crippen LogP) is 0.0532. The van der Waals surface area contributed by atoms with Gasteiger partial charge >= 0.3 is 6.18 Å². The van der Waals surface area contributed by atoms with E-state index in [1.54, 1.807) is 0 Å². The van der Waals surface area contributed by atoms with Crippen molar-refractivity contribution in [1.29, 1.82) is 0 Å². The van der Waals surface area contributed by atoms with Crippen LogP contribution in [0.4, 0.5) is 13.2 Å². The summed E-state index contributed by atoms with van der Waals surface area (Å²) in [6, 6.07) is 0. The van der Waals surface area contributed by atoms with Gasteiger partial charge in [-0.3, -0.25) is 4.79 Å². The first-order valence-corrected chi connectivity index (χ1v) is 3.08. The monoisotopic (exact) mass is 181 g/mol. The van der Waals surface area contributed by atoms with Gasteiger partial charge in [0.05, 0.1) is 6.42 Å². The third-order valence-electron chi connectivity index (χ3n) is 1.20. The second-order valence-corrected chi connectivity index (χ2v) is 2.33. The van der Waals surface area contributed by atoms with Crippen molar-refractivity contribution < 1.29 is 18.0 Å². The van der Waals surface area contributed by atoms with Crippen molar-refractivity contribution in [3.05, 3.63) is 0 Å². The van der Waals surface area contributed by atoms with E-state index in [1.807, 2.05) is 0 Å². The number of halogens is 3. The molecular weight excluding hydrogens is 175 g/mol. The minimum Gasteiger partial charge on any atom is -0.385 e. The molecule has 1 amide bonds. The third kappa shape index (κ3) is 2.11. The Morgan fingerprint density at radius 1 is 1.58 bits per heavy atom. The van der Waals surface area contributed by atoms with Crippen molar-refractivity contribution in [1.82, 2.24) is 5.01 Å². The van der Waals surface area contributed by atoms with Gasteiger partial charge in [0, 0.05) is 0 Å². The quantitative estimate of drug-likeness (QED) is 0.621. The molecule has 0 fully saturated rings. The Hall–Kier alpha value is -1.27. The van der Waals surface area contributed by atoms with Gasteiger partial charge in [0.2, 0.25) is 0 Å². The Labute approximate surface area is 65.8 Å². The zero-order valence-electron chi connectivity index (χ0n) is 5.93. The molecule has 7 heteroatoms. The van der Waals surface area contributed by atoms with Gasteiger partial charge in [-0.1, -0.05) is 0 Å². The Morgan fingerprint density at radius 2 is 2.17 bits per heavy atom. The summed E-state index contributed by atoms with van der Waals surface area (Å²) in [5.41, 5.74) is 5.05. The highest BCUT2D eigenvalue weighted by Crippen LogP contribution is 2.18.